The first kappa shape index (κ1) is 19.8. The van der Waals surface area contributed by atoms with E-state index in [9.17, 15) is 5.11 Å². The molecule has 2 atom stereocenters. The van der Waals surface area contributed by atoms with Gasteiger partial charge in [-0.15, -0.1) is 0 Å². The molecule has 6 nitrogen and oxygen atoms in total. The van der Waals surface area contributed by atoms with E-state index in [4.69, 9.17) is 0 Å². The second-order valence-corrected chi connectivity index (χ2v) is 9.10. The minimum Gasteiger partial charge on any atom is -0.390 e. The van der Waals surface area contributed by atoms with Gasteiger partial charge in [0.2, 0.25) is 0 Å². The number of fused-ring (bicyclic) bond motifs is 1. The van der Waals surface area contributed by atoms with Gasteiger partial charge in [0, 0.05) is 44.3 Å². The Morgan fingerprint density at radius 2 is 1.80 bits per heavy atom. The van der Waals surface area contributed by atoms with Crippen LogP contribution in [0, 0.1) is 0 Å². The van der Waals surface area contributed by atoms with Crippen LogP contribution in [0.15, 0.2) is 36.7 Å². The first-order valence-corrected chi connectivity index (χ1v) is 11.6. The van der Waals surface area contributed by atoms with Gasteiger partial charge in [-0.3, -0.25) is 4.90 Å². The number of piperidine rings is 1. The van der Waals surface area contributed by atoms with Gasteiger partial charge in [-0.25, -0.2) is 9.97 Å². The summed E-state index contributed by atoms with van der Waals surface area (Å²) >= 11 is 0. The molecule has 2 aromatic rings. The first-order valence-electron chi connectivity index (χ1n) is 11.6. The molecule has 0 unspecified atom stereocenters. The number of β-amino-alcohol motifs (C(OH)–C–C–N with tert-alkyl or cyclic N) is 1. The van der Waals surface area contributed by atoms with Gasteiger partial charge in [0.25, 0.3) is 0 Å². The molecule has 1 aliphatic carbocycles. The number of anilines is 2. The fraction of sp³-hybridized carbons (Fsp3) is 0.583. The molecule has 2 aliphatic heterocycles. The Morgan fingerprint density at radius 3 is 2.63 bits per heavy atom. The molecule has 1 aromatic carbocycles. The summed E-state index contributed by atoms with van der Waals surface area (Å²) < 4.78 is 0. The van der Waals surface area contributed by atoms with Crippen molar-refractivity contribution in [3.8, 4) is 0 Å². The van der Waals surface area contributed by atoms with E-state index in [2.05, 4.69) is 55.4 Å². The molecular weight excluding hydrogens is 374 g/mol. The van der Waals surface area contributed by atoms with Crippen molar-refractivity contribution in [2.24, 2.45) is 0 Å². The van der Waals surface area contributed by atoms with Crippen LogP contribution in [0.25, 0.3) is 0 Å². The molecule has 0 spiro atoms. The van der Waals surface area contributed by atoms with Crippen LogP contribution in [0.2, 0.25) is 0 Å². The number of hydrogen-bond donors (Lipinski definition) is 2. The monoisotopic (exact) mass is 407 g/mol. The number of aromatic nitrogens is 2. The summed E-state index contributed by atoms with van der Waals surface area (Å²) in [5, 5.41) is 14.6. The largest absolute Gasteiger partial charge is 0.390 e. The molecule has 1 saturated heterocycles. The molecule has 3 aliphatic rings. The molecule has 1 aromatic heterocycles. The van der Waals surface area contributed by atoms with Crippen LogP contribution in [0.5, 0.6) is 0 Å². The van der Waals surface area contributed by atoms with Gasteiger partial charge in [0.05, 0.1) is 6.10 Å². The molecule has 3 heterocycles. The summed E-state index contributed by atoms with van der Waals surface area (Å²) in [5.74, 6) is 1.83. The summed E-state index contributed by atoms with van der Waals surface area (Å²) in [6.45, 7) is 3.52. The lowest BCUT2D eigenvalue weighted by Crippen LogP contribution is -2.55. The molecular formula is C24H33N5O. The maximum absolute atomic E-state index is 11.0. The number of rotatable bonds is 4. The standard InChI is InChI=1S/C24H33N5O/c30-22-16-29(24-14-23(25-17-26-24)27-20-8-2-1-3-9-20)13-11-21(22)28-12-10-18-6-4-5-7-19(18)15-28/h4-7,14,17,20-22,30H,1-3,8-13,15-16H2,(H,25,26,27)/t21-,22-/m1/s1. The maximum atomic E-state index is 11.0. The van der Waals surface area contributed by atoms with Gasteiger partial charge in [-0.1, -0.05) is 43.5 Å². The molecule has 1 saturated carbocycles. The number of nitrogens with one attached hydrogen (secondary N) is 1. The highest BCUT2D eigenvalue weighted by Crippen LogP contribution is 2.28. The molecule has 160 valence electrons. The number of aliphatic hydroxyl groups is 1. The third kappa shape index (κ3) is 4.30. The Bertz CT molecular complexity index is 853. The Kier molecular flexibility index (Phi) is 5.86. The maximum Gasteiger partial charge on any atom is 0.134 e. The summed E-state index contributed by atoms with van der Waals surface area (Å²) in [6.07, 6.45) is 9.72. The highest BCUT2D eigenvalue weighted by molar-refractivity contribution is 5.49. The van der Waals surface area contributed by atoms with Crippen molar-refractivity contribution in [3.05, 3.63) is 47.8 Å². The number of aliphatic hydroxyl groups excluding tert-OH is 1. The lowest BCUT2D eigenvalue weighted by molar-refractivity contribution is 0.0293. The molecule has 0 bridgehead atoms. The highest BCUT2D eigenvalue weighted by Gasteiger charge is 2.34. The SMILES string of the molecule is O[C@@H]1CN(c2cc(NC3CCCCC3)ncn2)CC[C@H]1N1CCc2ccccc2C1. The van der Waals surface area contributed by atoms with Crippen molar-refractivity contribution in [3.63, 3.8) is 0 Å². The summed E-state index contributed by atoms with van der Waals surface area (Å²) in [6, 6.07) is 11.5. The average Bonchev–Trinajstić information content (AvgIpc) is 2.79. The van der Waals surface area contributed by atoms with Crippen LogP contribution in [0.1, 0.15) is 49.7 Å². The molecule has 6 heteroatoms. The van der Waals surface area contributed by atoms with Gasteiger partial charge in [-0.05, 0) is 36.8 Å². The Hall–Kier alpha value is -2.18. The summed E-state index contributed by atoms with van der Waals surface area (Å²) in [5.41, 5.74) is 2.87. The zero-order valence-electron chi connectivity index (χ0n) is 17.7. The van der Waals surface area contributed by atoms with Crippen molar-refractivity contribution >= 4 is 11.6 Å². The van der Waals surface area contributed by atoms with E-state index in [1.165, 1.54) is 43.2 Å². The molecule has 0 radical (unpaired) electrons. The third-order valence-corrected chi connectivity index (χ3v) is 7.11. The van der Waals surface area contributed by atoms with E-state index in [1.807, 2.05) is 0 Å². The number of nitrogens with zero attached hydrogens (tertiary/aromatic N) is 4. The van der Waals surface area contributed by atoms with Crippen LogP contribution in [0.3, 0.4) is 0 Å². The van der Waals surface area contributed by atoms with Crippen molar-refractivity contribution in [1.29, 1.82) is 0 Å². The van der Waals surface area contributed by atoms with Crippen molar-refractivity contribution < 1.29 is 5.11 Å². The number of benzene rings is 1. The van der Waals surface area contributed by atoms with Crippen LogP contribution in [-0.2, 0) is 13.0 Å². The van der Waals surface area contributed by atoms with Gasteiger partial charge in [0.15, 0.2) is 0 Å². The van der Waals surface area contributed by atoms with Gasteiger partial charge < -0.3 is 15.3 Å². The van der Waals surface area contributed by atoms with Crippen molar-refractivity contribution in [2.75, 3.05) is 29.9 Å². The first-order chi connectivity index (χ1) is 14.8. The molecule has 30 heavy (non-hydrogen) atoms. The predicted molar refractivity (Wildman–Crippen MR) is 120 cm³/mol. The molecule has 2 N–H and O–H groups in total. The lowest BCUT2D eigenvalue weighted by Gasteiger charge is -2.43. The quantitative estimate of drug-likeness (QED) is 0.811. The van der Waals surface area contributed by atoms with E-state index in [-0.39, 0.29) is 12.1 Å². The lowest BCUT2D eigenvalue weighted by atomic mass is 9.94. The van der Waals surface area contributed by atoms with Crippen LogP contribution in [-0.4, -0.2) is 57.8 Å². The van der Waals surface area contributed by atoms with Crippen LogP contribution in [0.4, 0.5) is 11.6 Å². The Morgan fingerprint density at radius 1 is 0.967 bits per heavy atom. The molecule has 0 amide bonds. The van der Waals surface area contributed by atoms with Crippen molar-refractivity contribution in [1.82, 2.24) is 14.9 Å². The third-order valence-electron chi connectivity index (χ3n) is 7.11. The summed E-state index contributed by atoms with van der Waals surface area (Å²) in [7, 11) is 0. The second kappa shape index (κ2) is 8.90. The topological polar surface area (TPSA) is 64.5 Å². The van der Waals surface area contributed by atoms with Crippen LogP contribution < -0.4 is 10.2 Å². The number of hydrogen-bond acceptors (Lipinski definition) is 6. The average molecular weight is 408 g/mol. The Balaban J connectivity index is 1.21. The minimum atomic E-state index is -0.367. The zero-order chi connectivity index (χ0) is 20.3. The second-order valence-electron chi connectivity index (χ2n) is 9.10. The normalized spacial score (nSPS) is 25.7. The fourth-order valence-electron chi connectivity index (χ4n) is 5.41. The van der Waals surface area contributed by atoms with E-state index >= 15 is 0 Å². The van der Waals surface area contributed by atoms with Gasteiger partial charge >= 0.3 is 0 Å². The smallest absolute Gasteiger partial charge is 0.134 e. The highest BCUT2D eigenvalue weighted by atomic mass is 16.3. The van der Waals surface area contributed by atoms with E-state index in [1.54, 1.807) is 6.33 Å². The molecule has 2 fully saturated rings. The van der Waals surface area contributed by atoms with Gasteiger partial charge in [-0.2, -0.15) is 0 Å². The van der Waals surface area contributed by atoms with E-state index in [0.29, 0.717) is 12.6 Å². The van der Waals surface area contributed by atoms with Crippen LogP contribution >= 0.6 is 0 Å². The van der Waals surface area contributed by atoms with E-state index < -0.39 is 0 Å². The van der Waals surface area contributed by atoms with Gasteiger partial charge in [0.1, 0.15) is 18.0 Å². The minimum absolute atomic E-state index is 0.219. The predicted octanol–water partition coefficient (Wildman–Crippen LogP) is 3.22. The van der Waals surface area contributed by atoms with Crippen molar-refractivity contribution in [2.45, 2.75) is 69.7 Å². The summed E-state index contributed by atoms with van der Waals surface area (Å²) in [4.78, 5) is 13.6. The zero-order valence-corrected chi connectivity index (χ0v) is 17.7. The molecule has 5 rings (SSSR count). The fourth-order valence-corrected chi connectivity index (χ4v) is 5.41. The Labute approximate surface area is 179 Å². The van der Waals surface area contributed by atoms with E-state index in [0.717, 1.165) is 44.1 Å².